The molecule has 0 spiro atoms. The molecule has 0 saturated carbocycles. The van der Waals surface area contributed by atoms with E-state index in [9.17, 15) is 9.59 Å². The number of anilines is 1. The van der Waals surface area contributed by atoms with Crippen LogP contribution in [0.25, 0.3) is 0 Å². The van der Waals surface area contributed by atoms with Crippen molar-refractivity contribution in [3.8, 4) is 0 Å². The maximum absolute atomic E-state index is 12.6. The molecule has 1 fully saturated rings. The van der Waals surface area contributed by atoms with Gasteiger partial charge in [-0.25, -0.2) is 4.79 Å². The fourth-order valence-electron chi connectivity index (χ4n) is 3.69. The van der Waals surface area contributed by atoms with E-state index >= 15 is 0 Å². The minimum atomic E-state index is -0.678. The smallest absolute Gasteiger partial charge is 0.328 e. The normalized spacial score (nSPS) is 15.6. The van der Waals surface area contributed by atoms with Crippen molar-refractivity contribution in [2.45, 2.75) is 19.4 Å². The first-order chi connectivity index (χ1) is 14.1. The molecule has 1 N–H and O–H groups in total. The molecule has 0 bridgehead atoms. The maximum Gasteiger partial charge on any atom is 0.328 e. The summed E-state index contributed by atoms with van der Waals surface area (Å²) in [6, 6.07) is 17.3. The molecule has 29 heavy (non-hydrogen) atoms. The zero-order valence-electron chi connectivity index (χ0n) is 17.1. The van der Waals surface area contributed by atoms with Crippen LogP contribution in [0.15, 0.2) is 54.6 Å². The Hall–Kier alpha value is -2.86. The van der Waals surface area contributed by atoms with Crippen molar-refractivity contribution >= 4 is 17.6 Å². The fraction of sp³-hybridized carbons (Fsp3) is 0.391. The SMILES string of the molecule is COC(=O)[C@H](Cc1ccccc1)NC(=O)CN1CCN(c2ccccc2C)CC1. The monoisotopic (exact) mass is 395 g/mol. The zero-order valence-corrected chi connectivity index (χ0v) is 17.1. The summed E-state index contributed by atoms with van der Waals surface area (Å²) in [5, 5.41) is 2.85. The summed E-state index contributed by atoms with van der Waals surface area (Å²) in [6.45, 7) is 5.77. The summed E-state index contributed by atoms with van der Waals surface area (Å²) in [6.07, 6.45) is 0.417. The highest BCUT2D eigenvalue weighted by molar-refractivity contribution is 5.85. The van der Waals surface area contributed by atoms with Gasteiger partial charge in [0, 0.05) is 38.3 Å². The van der Waals surface area contributed by atoms with Crippen molar-refractivity contribution in [3.05, 3.63) is 65.7 Å². The number of para-hydroxylation sites is 1. The van der Waals surface area contributed by atoms with Crippen molar-refractivity contribution in [2.75, 3.05) is 44.7 Å². The van der Waals surface area contributed by atoms with Crippen LogP contribution in [0.4, 0.5) is 5.69 Å². The molecular weight excluding hydrogens is 366 g/mol. The van der Waals surface area contributed by atoms with E-state index in [-0.39, 0.29) is 12.5 Å². The number of aryl methyl sites for hydroxylation is 1. The third-order valence-corrected chi connectivity index (χ3v) is 5.30. The van der Waals surface area contributed by atoms with E-state index in [4.69, 9.17) is 4.74 Å². The first kappa shape index (κ1) is 20.9. The van der Waals surface area contributed by atoms with Gasteiger partial charge in [0.25, 0.3) is 0 Å². The number of benzene rings is 2. The first-order valence-corrected chi connectivity index (χ1v) is 10.0. The molecule has 1 amide bonds. The van der Waals surface area contributed by atoms with Gasteiger partial charge in [-0.2, -0.15) is 0 Å². The van der Waals surface area contributed by atoms with Crippen molar-refractivity contribution in [1.82, 2.24) is 10.2 Å². The molecule has 1 aliphatic heterocycles. The van der Waals surface area contributed by atoms with Crippen molar-refractivity contribution in [3.63, 3.8) is 0 Å². The van der Waals surface area contributed by atoms with Crippen LogP contribution in [0.2, 0.25) is 0 Å². The Kier molecular flexibility index (Phi) is 7.25. The van der Waals surface area contributed by atoms with E-state index in [1.165, 1.54) is 18.4 Å². The number of carbonyl (C=O) groups excluding carboxylic acids is 2. The van der Waals surface area contributed by atoms with E-state index < -0.39 is 12.0 Å². The molecule has 154 valence electrons. The number of ether oxygens (including phenoxy) is 1. The summed E-state index contributed by atoms with van der Waals surface area (Å²) in [7, 11) is 1.34. The summed E-state index contributed by atoms with van der Waals surface area (Å²) >= 11 is 0. The van der Waals surface area contributed by atoms with Crippen molar-refractivity contribution < 1.29 is 14.3 Å². The van der Waals surface area contributed by atoms with E-state index in [1.807, 2.05) is 36.4 Å². The summed E-state index contributed by atoms with van der Waals surface area (Å²) in [5.41, 5.74) is 3.50. The predicted molar refractivity (Wildman–Crippen MR) is 114 cm³/mol. The Bertz CT molecular complexity index is 817. The third kappa shape index (κ3) is 5.81. The quantitative estimate of drug-likeness (QED) is 0.727. The molecule has 2 aromatic rings. The van der Waals surface area contributed by atoms with Gasteiger partial charge in [-0.05, 0) is 24.1 Å². The largest absolute Gasteiger partial charge is 0.467 e. The topological polar surface area (TPSA) is 61.9 Å². The second kappa shape index (κ2) is 10.1. The predicted octanol–water partition coefficient (Wildman–Crippen LogP) is 2.02. The number of hydrogen-bond donors (Lipinski definition) is 1. The van der Waals surface area contributed by atoms with Crippen LogP contribution in [-0.4, -0.2) is 62.7 Å². The Labute approximate surface area is 172 Å². The lowest BCUT2D eigenvalue weighted by molar-refractivity contribution is -0.145. The Morgan fingerprint density at radius 3 is 2.31 bits per heavy atom. The van der Waals surface area contributed by atoms with Gasteiger partial charge in [0.05, 0.1) is 13.7 Å². The van der Waals surface area contributed by atoms with E-state index in [0.29, 0.717) is 6.42 Å². The molecule has 3 rings (SSSR count). The summed E-state index contributed by atoms with van der Waals surface area (Å²) < 4.78 is 4.88. The number of hydrogen-bond acceptors (Lipinski definition) is 5. The number of rotatable bonds is 7. The van der Waals surface area contributed by atoms with Gasteiger partial charge in [-0.1, -0.05) is 48.5 Å². The average molecular weight is 396 g/mol. The van der Waals surface area contributed by atoms with Crippen molar-refractivity contribution in [1.29, 1.82) is 0 Å². The molecule has 1 saturated heterocycles. The number of methoxy groups -OCH3 is 1. The lowest BCUT2D eigenvalue weighted by Gasteiger charge is -2.36. The van der Waals surface area contributed by atoms with Gasteiger partial charge >= 0.3 is 5.97 Å². The molecule has 0 radical (unpaired) electrons. The number of nitrogens with zero attached hydrogens (tertiary/aromatic N) is 2. The van der Waals surface area contributed by atoms with Crippen LogP contribution >= 0.6 is 0 Å². The lowest BCUT2D eigenvalue weighted by Crippen LogP contribution is -2.52. The average Bonchev–Trinajstić information content (AvgIpc) is 2.74. The molecule has 6 heteroatoms. The second-order valence-electron chi connectivity index (χ2n) is 7.38. The molecule has 2 aromatic carbocycles. The highest BCUT2D eigenvalue weighted by atomic mass is 16.5. The summed E-state index contributed by atoms with van der Waals surface area (Å²) in [5.74, 6) is -0.577. The zero-order chi connectivity index (χ0) is 20.6. The Balaban J connectivity index is 1.51. The van der Waals surface area contributed by atoms with Gasteiger partial charge in [0.1, 0.15) is 6.04 Å². The van der Waals surface area contributed by atoms with Crippen molar-refractivity contribution in [2.24, 2.45) is 0 Å². The first-order valence-electron chi connectivity index (χ1n) is 10.0. The van der Waals surface area contributed by atoms with Crippen LogP contribution in [0, 0.1) is 6.92 Å². The van der Waals surface area contributed by atoms with Gasteiger partial charge in [0.15, 0.2) is 0 Å². The van der Waals surface area contributed by atoms with Crippen LogP contribution in [0.1, 0.15) is 11.1 Å². The Morgan fingerprint density at radius 1 is 1.00 bits per heavy atom. The maximum atomic E-state index is 12.6. The van der Waals surface area contributed by atoms with E-state index in [2.05, 4.69) is 40.2 Å². The minimum absolute atomic E-state index is 0.152. The number of carbonyl (C=O) groups is 2. The van der Waals surface area contributed by atoms with Crippen LogP contribution in [0.5, 0.6) is 0 Å². The number of esters is 1. The fourth-order valence-corrected chi connectivity index (χ4v) is 3.69. The molecule has 0 aliphatic carbocycles. The Morgan fingerprint density at radius 2 is 1.66 bits per heavy atom. The van der Waals surface area contributed by atoms with Crippen LogP contribution in [-0.2, 0) is 20.7 Å². The van der Waals surface area contributed by atoms with Crippen LogP contribution in [0.3, 0.4) is 0 Å². The molecule has 6 nitrogen and oxygen atoms in total. The lowest BCUT2D eigenvalue weighted by atomic mass is 10.1. The molecule has 0 aromatic heterocycles. The highest BCUT2D eigenvalue weighted by Crippen LogP contribution is 2.20. The highest BCUT2D eigenvalue weighted by Gasteiger charge is 2.24. The molecule has 1 atom stereocenters. The molecular formula is C23H29N3O3. The second-order valence-corrected chi connectivity index (χ2v) is 7.38. The minimum Gasteiger partial charge on any atom is -0.467 e. The third-order valence-electron chi connectivity index (χ3n) is 5.30. The van der Waals surface area contributed by atoms with Gasteiger partial charge in [-0.15, -0.1) is 0 Å². The standard InChI is InChI=1S/C23H29N3O3/c1-18-8-6-7-11-21(18)26-14-12-25(13-15-26)17-22(27)24-20(23(28)29-2)16-19-9-4-3-5-10-19/h3-11,20H,12-17H2,1-2H3,(H,24,27)/t20-/m0/s1. The molecule has 0 unspecified atom stereocenters. The van der Waals surface area contributed by atoms with Gasteiger partial charge in [0.2, 0.25) is 5.91 Å². The van der Waals surface area contributed by atoms with E-state index in [0.717, 1.165) is 31.7 Å². The van der Waals surface area contributed by atoms with Gasteiger partial charge < -0.3 is 15.0 Å². The van der Waals surface area contributed by atoms with Crippen LogP contribution < -0.4 is 10.2 Å². The number of amides is 1. The molecule has 1 heterocycles. The van der Waals surface area contributed by atoms with E-state index in [1.54, 1.807) is 0 Å². The summed E-state index contributed by atoms with van der Waals surface area (Å²) in [4.78, 5) is 29.2. The number of nitrogens with one attached hydrogen (secondary N) is 1. The van der Waals surface area contributed by atoms with Gasteiger partial charge in [-0.3, -0.25) is 9.69 Å². The number of piperazine rings is 1. The molecule has 1 aliphatic rings.